The van der Waals surface area contributed by atoms with Gasteiger partial charge in [-0.3, -0.25) is 4.79 Å². The fourth-order valence-electron chi connectivity index (χ4n) is 2.64. The van der Waals surface area contributed by atoms with Crippen molar-refractivity contribution >= 4 is 11.8 Å². The fraction of sp³-hybridized carbons (Fsp3) is 0.158. The summed E-state index contributed by atoms with van der Waals surface area (Å²) >= 11 is 0. The Balaban J connectivity index is 1.97. The quantitative estimate of drug-likeness (QED) is 0.882. The summed E-state index contributed by atoms with van der Waals surface area (Å²) in [5.74, 6) is -0.0628. The molecule has 1 atom stereocenters. The van der Waals surface area contributed by atoms with E-state index in [1.165, 1.54) is 7.11 Å². The van der Waals surface area contributed by atoms with Crippen LogP contribution in [0.3, 0.4) is 0 Å². The molecular formula is C19H18N2O3. The van der Waals surface area contributed by atoms with Gasteiger partial charge < -0.3 is 15.2 Å². The highest BCUT2D eigenvalue weighted by atomic mass is 16.5. The van der Waals surface area contributed by atoms with E-state index < -0.39 is 0 Å². The molecule has 122 valence electrons. The van der Waals surface area contributed by atoms with Crippen LogP contribution >= 0.6 is 0 Å². The number of hydrogen-bond donors (Lipinski definition) is 1. The van der Waals surface area contributed by atoms with Gasteiger partial charge in [-0.05, 0) is 17.7 Å². The Morgan fingerprint density at radius 3 is 2.38 bits per heavy atom. The van der Waals surface area contributed by atoms with E-state index in [0.717, 1.165) is 5.56 Å². The van der Waals surface area contributed by atoms with Crippen molar-refractivity contribution in [2.45, 2.75) is 5.92 Å². The highest BCUT2D eigenvalue weighted by Gasteiger charge is 2.34. The summed E-state index contributed by atoms with van der Waals surface area (Å²) in [6, 6.07) is 18.6. The normalized spacial score (nSPS) is 20.5. The van der Waals surface area contributed by atoms with Crippen molar-refractivity contribution in [3.8, 4) is 0 Å². The molecule has 0 saturated carbocycles. The van der Waals surface area contributed by atoms with Gasteiger partial charge in [0.25, 0.3) is 5.91 Å². The first-order chi connectivity index (χ1) is 11.7. The standard InChI is InChI=1S/C19H18N2O3/c1-23-17(20)16-15(13-8-4-2-5-9-13)12-24-19(16)21-18(22)14-10-6-3-7-11-14/h2-11,15H,12,20H2,1H3/b17-16+,21-19?. The predicted molar refractivity (Wildman–Crippen MR) is 91.6 cm³/mol. The highest BCUT2D eigenvalue weighted by Crippen LogP contribution is 2.33. The third-order valence-corrected chi connectivity index (χ3v) is 3.88. The summed E-state index contributed by atoms with van der Waals surface area (Å²) in [6.07, 6.45) is 0. The number of hydrogen-bond acceptors (Lipinski definition) is 4. The molecule has 0 aliphatic carbocycles. The molecule has 2 aromatic rings. The number of methoxy groups -OCH3 is 1. The number of amides is 1. The van der Waals surface area contributed by atoms with Crippen molar-refractivity contribution in [2.24, 2.45) is 10.7 Å². The Kier molecular flexibility index (Phi) is 4.61. The minimum Gasteiger partial charge on any atom is -0.482 e. The maximum Gasteiger partial charge on any atom is 0.280 e. The first-order valence-corrected chi connectivity index (χ1v) is 7.60. The number of rotatable bonds is 3. The SMILES string of the molecule is CO/C(N)=C1/C(=NC(=O)c2ccccc2)OCC1c1ccccc1. The molecule has 1 saturated heterocycles. The molecule has 5 nitrogen and oxygen atoms in total. The van der Waals surface area contributed by atoms with Crippen LogP contribution in [0, 0.1) is 0 Å². The molecule has 3 rings (SSSR count). The first-order valence-electron chi connectivity index (χ1n) is 7.60. The zero-order valence-electron chi connectivity index (χ0n) is 13.3. The number of carbonyl (C=O) groups excluding carboxylic acids is 1. The molecule has 1 aliphatic rings. The molecular weight excluding hydrogens is 304 g/mol. The van der Waals surface area contributed by atoms with E-state index in [9.17, 15) is 4.79 Å². The van der Waals surface area contributed by atoms with Gasteiger partial charge in [-0.1, -0.05) is 48.5 Å². The van der Waals surface area contributed by atoms with Crippen molar-refractivity contribution in [1.82, 2.24) is 0 Å². The van der Waals surface area contributed by atoms with Gasteiger partial charge in [0, 0.05) is 5.56 Å². The molecule has 1 amide bonds. The molecule has 0 aromatic heterocycles. The molecule has 2 aromatic carbocycles. The van der Waals surface area contributed by atoms with Crippen LogP contribution in [0.2, 0.25) is 0 Å². The van der Waals surface area contributed by atoms with Gasteiger partial charge in [0.15, 0.2) is 5.88 Å². The lowest BCUT2D eigenvalue weighted by Gasteiger charge is -2.11. The maximum absolute atomic E-state index is 12.3. The van der Waals surface area contributed by atoms with Gasteiger partial charge >= 0.3 is 0 Å². The second-order valence-electron chi connectivity index (χ2n) is 5.34. The van der Waals surface area contributed by atoms with Gasteiger partial charge in [-0.15, -0.1) is 0 Å². The van der Waals surface area contributed by atoms with Gasteiger partial charge in [0.05, 0.1) is 18.6 Å². The van der Waals surface area contributed by atoms with Crippen molar-refractivity contribution in [3.05, 3.63) is 83.2 Å². The minimum atomic E-state index is -0.374. The lowest BCUT2D eigenvalue weighted by molar-refractivity contribution is 0.1000. The average molecular weight is 322 g/mol. The van der Waals surface area contributed by atoms with E-state index in [1.807, 2.05) is 36.4 Å². The van der Waals surface area contributed by atoms with Crippen molar-refractivity contribution in [2.75, 3.05) is 13.7 Å². The van der Waals surface area contributed by atoms with Gasteiger partial charge in [-0.2, -0.15) is 4.99 Å². The molecule has 0 bridgehead atoms. The van der Waals surface area contributed by atoms with E-state index in [2.05, 4.69) is 4.99 Å². The molecule has 5 heteroatoms. The smallest absolute Gasteiger partial charge is 0.280 e. The number of benzene rings is 2. The van der Waals surface area contributed by atoms with Gasteiger partial charge in [0.2, 0.25) is 5.90 Å². The zero-order chi connectivity index (χ0) is 16.9. The van der Waals surface area contributed by atoms with Gasteiger partial charge in [-0.25, -0.2) is 0 Å². The predicted octanol–water partition coefficient (Wildman–Crippen LogP) is 2.86. The van der Waals surface area contributed by atoms with Crippen LogP contribution in [0.5, 0.6) is 0 Å². The second-order valence-corrected chi connectivity index (χ2v) is 5.34. The van der Waals surface area contributed by atoms with Crippen molar-refractivity contribution < 1.29 is 14.3 Å². The largest absolute Gasteiger partial charge is 0.482 e. The monoisotopic (exact) mass is 322 g/mol. The Morgan fingerprint density at radius 1 is 1.12 bits per heavy atom. The first kappa shape index (κ1) is 15.8. The van der Waals surface area contributed by atoms with Crippen LogP contribution in [0.1, 0.15) is 21.8 Å². The lowest BCUT2D eigenvalue weighted by atomic mass is 9.93. The molecule has 1 unspecified atom stereocenters. The fourth-order valence-corrected chi connectivity index (χ4v) is 2.64. The number of nitrogens with two attached hydrogens (primary N) is 1. The average Bonchev–Trinajstić information content (AvgIpc) is 3.06. The van der Waals surface area contributed by atoms with Gasteiger partial charge in [0.1, 0.15) is 6.61 Å². The zero-order valence-corrected chi connectivity index (χ0v) is 13.3. The second kappa shape index (κ2) is 7.00. The molecule has 1 aliphatic heterocycles. The third kappa shape index (κ3) is 3.15. The molecule has 1 fully saturated rings. The summed E-state index contributed by atoms with van der Waals surface area (Å²) in [6.45, 7) is 0.365. The van der Waals surface area contributed by atoms with Crippen molar-refractivity contribution in [1.29, 1.82) is 0 Å². The van der Waals surface area contributed by atoms with E-state index in [4.69, 9.17) is 15.2 Å². The number of aliphatic imine (C=N–C) groups is 1. The van der Waals surface area contributed by atoms with Crippen LogP contribution in [0.25, 0.3) is 0 Å². The third-order valence-electron chi connectivity index (χ3n) is 3.88. The number of carbonyl (C=O) groups is 1. The molecule has 1 heterocycles. The summed E-state index contributed by atoms with van der Waals surface area (Å²) in [4.78, 5) is 16.4. The Bertz CT molecular complexity index is 783. The Hall–Kier alpha value is -3.08. The Morgan fingerprint density at radius 2 is 1.75 bits per heavy atom. The number of nitrogens with zero attached hydrogens (tertiary/aromatic N) is 1. The molecule has 2 N–H and O–H groups in total. The molecule has 0 radical (unpaired) electrons. The summed E-state index contributed by atoms with van der Waals surface area (Å²) < 4.78 is 10.8. The van der Waals surface area contributed by atoms with E-state index in [0.29, 0.717) is 17.7 Å². The minimum absolute atomic E-state index is 0.117. The summed E-state index contributed by atoms with van der Waals surface area (Å²) in [5.41, 5.74) is 8.13. The highest BCUT2D eigenvalue weighted by molar-refractivity contribution is 6.08. The van der Waals surface area contributed by atoms with Crippen LogP contribution in [-0.2, 0) is 9.47 Å². The van der Waals surface area contributed by atoms with Crippen LogP contribution in [0.15, 0.2) is 77.1 Å². The topological polar surface area (TPSA) is 73.9 Å². The summed E-state index contributed by atoms with van der Waals surface area (Å²) in [5, 5.41) is 0. The Labute approximate surface area is 140 Å². The van der Waals surface area contributed by atoms with Crippen molar-refractivity contribution in [3.63, 3.8) is 0 Å². The lowest BCUT2D eigenvalue weighted by Crippen LogP contribution is -2.14. The maximum atomic E-state index is 12.3. The van der Waals surface area contributed by atoms with E-state index >= 15 is 0 Å². The van der Waals surface area contributed by atoms with Crippen LogP contribution < -0.4 is 5.73 Å². The van der Waals surface area contributed by atoms with E-state index in [-0.39, 0.29) is 23.6 Å². The molecule has 24 heavy (non-hydrogen) atoms. The van der Waals surface area contributed by atoms with Crippen LogP contribution in [-0.4, -0.2) is 25.5 Å². The molecule has 0 spiro atoms. The number of ether oxygens (including phenoxy) is 2. The van der Waals surface area contributed by atoms with E-state index in [1.54, 1.807) is 24.3 Å². The summed E-state index contributed by atoms with van der Waals surface area (Å²) in [7, 11) is 1.49. The van der Waals surface area contributed by atoms with Crippen LogP contribution in [0.4, 0.5) is 0 Å².